The molecule has 0 aliphatic rings. The first-order valence-corrected chi connectivity index (χ1v) is 9.76. The summed E-state index contributed by atoms with van der Waals surface area (Å²) in [6.45, 7) is 5.61. The second-order valence-electron chi connectivity index (χ2n) is 6.84. The highest BCUT2D eigenvalue weighted by Gasteiger charge is 2.14. The zero-order valence-electron chi connectivity index (χ0n) is 15.8. The molecule has 0 aliphatic heterocycles. The molecule has 0 atom stereocenters. The molecule has 138 valence electrons. The van der Waals surface area contributed by atoms with Gasteiger partial charge >= 0.3 is 0 Å². The quantitative estimate of drug-likeness (QED) is 0.437. The molecule has 3 heteroatoms. The van der Waals surface area contributed by atoms with Crippen molar-refractivity contribution in [3.8, 4) is 5.75 Å². The number of fused-ring (bicyclic) bond motifs is 3. The van der Waals surface area contributed by atoms with E-state index >= 15 is 0 Å². The highest BCUT2D eigenvalue weighted by Crippen LogP contribution is 2.36. The van der Waals surface area contributed by atoms with Crippen LogP contribution in [0.2, 0.25) is 0 Å². The average Bonchev–Trinajstić information content (AvgIpc) is 3.03. The minimum absolute atomic E-state index is 0.678. The first-order chi connectivity index (χ1) is 13.4. The van der Waals surface area contributed by atoms with Crippen LogP contribution in [0.1, 0.15) is 18.9 Å². The molecule has 0 radical (unpaired) electrons. The van der Waals surface area contributed by atoms with Gasteiger partial charge in [0.1, 0.15) is 12.4 Å². The van der Waals surface area contributed by atoms with Crippen LogP contribution in [0.15, 0.2) is 72.8 Å². The Balaban J connectivity index is 1.73. The lowest BCUT2D eigenvalue weighted by Gasteiger charge is -2.10. The van der Waals surface area contributed by atoms with E-state index in [2.05, 4.69) is 89.6 Å². The molecule has 0 unspecified atom stereocenters. The van der Waals surface area contributed by atoms with Crippen molar-refractivity contribution in [1.29, 1.82) is 0 Å². The van der Waals surface area contributed by atoms with Crippen molar-refractivity contribution in [1.82, 2.24) is 9.88 Å². The van der Waals surface area contributed by atoms with Gasteiger partial charge in [0, 0.05) is 29.4 Å². The number of hydrogen-bond donors (Lipinski definition) is 1. The summed E-state index contributed by atoms with van der Waals surface area (Å²) in [6, 6.07) is 25.6. The van der Waals surface area contributed by atoms with Gasteiger partial charge in [0.2, 0.25) is 0 Å². The van der Waals surface area contributed by atoms with Crippen molar-refractivity contribution in [2.45, 2.75) is 19.9 Å². The van der Waals surface area contributed by atoms with E-state index in [0.29, 0.717) is 6.61 Å². The van der Waals surface area contributed by atoms with Crippen molar-refractivity contribution in [2.24, 2.45) is 0 Å². The fraction of sp³-hybridized carbons (Fsp3) is 0.250. The van der Waals surface area contributed by atoms with Crippen molar-refractivity contribution >= 4 is 21.8 Å². The van der Waals surface area contributed by atoms with E-state index in [1.807, 2.05) is 0 Å². The van der Waals surface area contributed by atoms with Crippen LogP contribution in [0.5, 0.6) is 5.75 Å². The van der Waals surface area contributed by atoms with Crippen LogP contribution in [0.3, 0.4) is 0 Å². The number of benzene rings is 3. The smallest absolute Gasteiger partial charge is 0.129 e. The molecule has 0 amide bonds. The Morgan fingerprint density at radius 2 is 1.59 bits per heavy atom. The summed E-state index contributed by atoms with van der Waals surface area (Å²) < 4.78 is 8.55. The lowest BCUT2D eigenvalue weighted by Crippen LogP contribution is -2.21. The summed E-state index contributed by atoms with van der Waals surface area (Å²) in [4.78, 5) is 0. The van der Waals surface area contributed by atoms with Crippen LogP contribution in [-0.4, -0.2) is 24.3 Å². The number of nitrogens with one attached hydrogen (secondary N) is 1. The first kappa shape index (κ1) is 17.6. The standard InChI is InChI=1S/C24H26N2O/c1-2-15-25-16-17-27-23-14-8-13-22-24(23)20-11-6-7-12-21(20)26(22)18-19-9-4-3-5-10-19/h3-14,25H,2,15-18H2,1H3. The van der Waals surface area contributed by atoms with Gasteiger partial charge in [0.05, 0.1) is 5.52 Å². The largest absolute Gasteiger partial charge is 0.492 e. The fourth-order valence-electron chi connectivity index (χ4n) is 3.66. The number of hydrogen-bond acceptors (Lipinski definition) is 2. The molecule has 0 fully saturated rings. The predicted molar refractivity (Wildman–Crippen MR) is 114 cm³/mol. The van der Waals surface area contributed by atoms with Crippen molar-refractivity contribution < 1.29 is 4.74 Å². The van der Waals surface area contributed by atoms with Crippen LogP contribution < -0.4 is 10.1 Å². The van der Waals surface area contributed by atoms with Crippen LogP contribution in [0.4, 0.5) is 0 Å². The lowest BCUT2D eigenvalue weighted by atomic mass is 10.1. The van der Waals surface area contributed by atoms with E-state index in [4.69, 9.17) is 4.74 Å². The van der Waals surface area contributed by atoms with Crippen LogP contribution in [0.25, 0.3) is 21.8 Å². The zero-order valence-corrected chi connectivity index (χ0v) is 15.8. The normalized spacial score (nSPS) is 11.3. The van der Waals surface area contributed by atoms with Crippen LogP contribution in [0, 0.1) is 0 Å². The van der Waals surface area contributed by atoms with Crippen molar-refractivity contribution in [2.75, 3.05) is 19.7 Å². The number of ether oxygens (including phenoxy) is 1. The number of para-hydroxylation sites is 1. The maximum absolute atomic E-state index is 6.16. The Hall–Kier alpha value is -2.78. The van der Waals surface area contributed by atoms with E-state index in [0.717, 1.165) is 31.8 Å². The van der Waals surface area contributed by atoms with E-state index in [-0.39, 0.29) is 0 Å². The SMILES string of the molecule is CCCNCCOc1cccc2c1c1ccccc1n2Cc1ccccc1. The minimum atomic E-state index is 0.678. The third-order valence-corrected chi connectivity index (χ3v) is 4.91. The molecular formula is C24H26N2O. The molecule has 3 nitrogen and oxygen atoms in total. The summed E-state index contributed by atoms with van der Waals surface area (Å²) >= 11 is 0. The Labute approximate surface area is 160 Å². The van der Waals surface area contributed by atoms with E-state index < -0.39 is 0 Å². The van der Waals surface area contributed by atoms with E-state index in [1.165, 1.54) is 27.4 Å². The maximum atomic E-state index is 6.16. The third-order valence-electron chi connectivity index (χ3n) is 4.91. The monoisotopic (exact) mass is 358 g/mol. The zero-order chi connectivity index (χ0) is 18.5. The Morgan fingerprint density at radius 3 is 2.44 bits per heavy atom. The van der Waals surface area contributed by atoms with Gasteiger partial charge in [0.25, 0.3) is 0 Å². The molecule has 3 aromatic carbocycles. The number of nitrogens with zero attached hydrogens (tertiary/aromatic N) is 1. The molecule has 0 saturated carbocycles. The third kappa shape index (κ3) is 3.69. The summed E-state index contributed by atoms with van der Waals surface area (Å²) in [5.41, 5.74) is 3.77. The molecule has 1 heterocycles. The molecule has 4 rings (SSSR count). The highest BCUT2D eigenvalue weighted by atomic mass is 16.5. The van der Waals surface area contributed by atoms with E-state index in [9.17, 15) is 0 Å². The van der Waals surface area contributed by atoms with Gasteiger partial charge in [-0.2, -0.15) is 0 Å². The molecule has 0 saturated heterocycles. The molecule has 27 heavy (non-hydrogen) atoms. The van der Waals surface area contributed by atoms with Gasteiger partial charge in [-0.3, -0.25) is 0 Å². The first-order valence-electron chi connectivity index (χ1n) is 9.76. The highest BCUT2D eigenvalue weighted by molar-refractivity contribution is 6.11. The minimum Gasteiger partial charge on any atom is -0.492 e. The van der Waals surface area contributed by atoms with Crippen molar-refractivity contribution in [3.05, 3.63) is 78.4 Å². The fourth-order valence-corrected chi connectivity index (χ4v) is 3.66. The molecule has 0 spiro atoms. The molecule has 1 N–H and O–H groups in total. The Morgan fingerprint density at radius 1 is 0.815 bits per heavy atom. The van der Waals surface area contributed by atoms with Gasteiger partial charge < -0.3 is 14.6 Å². The second-order valence-corrected chi connectivity index (χ2v) is 6.84. The van der Waals surface area contributed by atoms with Crippen LogP contribution >= 0.6 is 0 Å². The molecule has 4 aromatic rings. The Kier molecular flexibility index (Phi) is 5.40. The average molecular weight is 358 g/mol. The molecule has 1 aromatic heterocycles. The molecule has 0 aliphatic carbocycles. The summed E-state index contributed by atoms with van der Waals surface area (Å²) in [6.07, 6.45) is 1.14. The second kappa shape index (κ2) is 8.28. The molecular weight excluding hydrogens is 332 g/mol. The number of rotatable bonds is 8. The van der Waals surface area contributed by atoms with Gasteiger partial charge in [-0.05, 0) is 36.7 Å². The predicted octanol–water partition coefficient (Wildman–Crippen LogP) is 5.22. The summed E-state index contributed by atoms with van der Waals surface area (Å²) in [5.74, 6) is 0.966. The summed E-state index contributed by atoms with van der Waals surface area (Å²) in [7, 11) is 0. The summed E-state index contributed by atoms with van der Waals surface area (Å²) in [5, 5.41) is 5.86. The van der Waals surface area contributed by atoms with Crippen LogP contribution in [-0.2, 0) is 6.54 Å². The topological polar surface area (TPSA) is 26.2 Å². The van der Waals surface area contributed by atoms with Gasteiger partial charge in [0.15, 0.2) is 0 Å². The van der Waals surface area contributed by atoms with Gasteiger partial charge in [-0.1, -0.05) is 61.5 Å². The van der Waals surface area contributed by atoms with Crippen molar-refractivity contribution in [3.63, 3.8) is 0 Å². The Bertz CT molecular complexity index is 1020. The van der Waals surface area contributed by atoms with Gasteiger partial charge in [-0.15, -0.1) is 0 Å². The lowest BCUT2D eigenvalue weighted by molar-refractivity contribution is 0.318. The number of aromatic nitrogens is 1. The van der Waals surface area contributed by atoms with Gasteiger partial charge in [-0.25, -0.2) is 0 Å². The maximum Gasteiger partial charge on any atom is 0.129 e. The van der Waals surface area contributed by atoms with E-state index in [1.54, 1.807) is 0 Å². The molecule has 0 bridgehead atoms.